The lowest BCUT2D eigenvalue weighted by Crippen LogP contribution is -2.12. The Morgan fingerprint density at radius 2 is 2.00 bits per heavy atom. The molecule has 112 valence electrons. The number of nitrogens with zero attached hydrogens (tertiary/aromatic N) is 1. The van der Waals surface area contributed by atoms with E-state index in [0.29, 0.717) is 26.4 Å². The molecule has 2 aromatic carbocycles. The highest BCUT2D eigenvalue weighted by molar-refractivity contribution is 7.22. The van der Waals surface area contributed by atoms with E-state index in [1.807, 2.05) is 12.1 Å². The lowest BCUT2D eigenvalue weighted by Gasteiger charge is -2.07. The summed E-state index contributed by atoms with van der Waals surface area (Å²) in [5.74, 6) is 5.04. The standard InChI is InChI=1S/C14H10Cl2N4OS/c15-7-1-3-9(10(16)5-7)13(21)18-8-2-4-11-12(6-8)22-14(19-11)20-17/h1-6H,17H2,(H,18,21)(H,19,20). The fourth-order valence-electron chi connectivity index (χ4n) is 1.94. The predicted molar refractivity (Wildman–Crippen MR) is 91.8 cm³/mol. The zero-order valence-electron chi connectivity index (χ0n) is 11.1. The number of nitrogens with one attached hydrogen (secondary N) is 2. The highest BCUT2D eigenvalue weighted by Gasteiger charge is 2.12. The van der Waals surface area contributed by atoms with Crippen molar-refractivity contribution in [2.24, 2.45) is 5.84 Å². The van der Waals surface area contributed by atoms with Crippen LogP contribution in [0.3, 0.4) is 0 Å². The van der Waals surface area contributed by atoms with Crippen LogP contribution in [0.15, 0.2) is 36.4 Å². The molecule has 0 aliphatic heterocycles. The van der Waals surface area contributed by atoms with Gasteiger partial charge in [-0.05, 0) is 36.4 Å². The minimum absolute atomic E-state index is 0.303. The Bertz CT molecular complexity index is 865. The first kappa shape index (κ1) is 15.1. The van der Waals surface area contributed by atoms with E-state index in [4.69, 9.17) is 29.0 Å². The van der Waals surface area contributed by atoms with Crippen LogP contribution in [0.4, 0.5) is 10.8 Å². The number of nitrogen functional groups attached to an aromatic ring is 1. The third kappa shape index (κ3) is 3.00. The molecule has 3 aromatic rings. The SMILES string of the molecule is NNc1nc2ccc(NC(=O)c3ccc(Cl)cc3Cl)cc2s1. The zero-order valence-corrected chi connectivity index (χ0v) is 13.4. The van der Waals surface area contributed by atoms with Gasteiger partial charge in [0.1, 0.15) is 0 Å². The summed E-state index contributed by atoms with van der Waals surface area (Å²) in [5.41, 5.74) is 4.32. The maximum absolute atomic E-state index is 12.3. The summed E-state index contributed by atoms with van der Waals surface area (Å²) in [6.45, 7) is 0. The topological polar surface area (TPSA) is 80.0 Å². The Hall–Kier alpha value is -1.86. The summed E-state index contributed by atoms with van der Waals surface area (Å²) in [4.78, 5) is 16.5. The van der Waals surface area contributed by atoms with Gasteiger partial charge in [-0.1, -0.05) is 34.5 Å². The molecule has 0 atom stereocenters. The maximum atomic E-state index is 12.3. The molecule has 1 amide bonds. The number of fused-ring (bicyclic) bond motifs is 1. The van der Waals surface area contributed by atoms with Gasteiger partial charge in [0.2, 0.25) is 0 Å². The van der Waals surface area contributed by atoms with Crippen LogP contribution in [-0.4, -0.2) is 10.9 Å². The van der Waals surface area contributed by atoms with Crippen molar-refractivity contribution in [1.29, 1.82) is 0 Å². The number of carbonyl (C=O) groups excluding carboxylic acids is 1. The summed E-state index contributed by atoms with van der Waals surface area (Å²) in [6, 6.07) is 10.1. The summed E-state index contributed by atoms with van der Waals surface area (Å²) >= 11 is 13.3. The molecule has 22 heavy (non-hydrogen) atoms. The van der Waals surface area contributed by atoms with Gasteiger partial charge in [-0.15, -0.1) is 0 Å². The minimum Gasteiger partial charge on any atom is -0.322 e. The van der Waals surface area contributed by atoms with Gasteiger partial charge in [-0.3, -0.25) is 10.2 Å². The molecule has 4 N–H and O–H groups in total. The molecule has 0 fully saturated rings. The Balaban J connectivity index is 1.87. The quantitative estimate of drug-likeness (QED) is 0.488. The number of nitrogens with two attached hydrogens (primary N) is 1. The number of thiazole rings is 1. The van der Waals surface area contributed by atoms with Crippen molar-refractivity contribution in [1.82, 2.24) is 4.98 Å². The summed E-state index contributed by atoms with van der Waals surface area (Å²) in [5, 5.41) is 4.19. The molecular weight excluding hydrogens is 343 g/mol. The number of hydrogen-bond donors (Lipinski definition) is 3. The summed E-state index contributed by atoms with van der Waals surface area (Å²) in [6.07, 6.45) is 0. The van der Waals surface area contributed by atoms with Crippen LogP contribution >= 0.6 is 34.5 Å². The van der Waals surface area contributed by atoms with Crippen molar-refractivity contribution < 1.29 is 4.79 Å². The van der Waals surface area contributed by atoms with Crippen LogP contribution in [0.5, 0.6) is 0 Å². The van der Waals surface area contributed by atoms with Crippen LogP contribution < -0.4 is 16.6 Å². The molecule has 3 rings (SSSR count). The molecule has 0 aliphatic rings. The largest absolute Gasteiger partial charge is 0.322 e. The number of halogens is 2. The average Bonchev–Trinajstić information content (AvgIpc) is 2.89. The van der Waals surface area contributed by atoms with Crippen LogP contribution in [-0.2, 0) is 0 Å². The summed E-state index contributed by atoms with van der Waals surface area (Å²) < 4.78 is 0.910. The van der Waals surface area contributed by atoms with E-state index < -0.39 is 0 Å². The van der Waals surface area contributed by atoms with E-state index in [-0.39, 0.29) is 5.91 Å². The first-order valence-electron chi connectivity index (χ1n) is 6.20. The molecule has 1 aromatic heterocycles. The molecule has 0 bridgehead atoms. The second-order valence-corrected chi connectivity index (χ2v) is 6.30. The van der Waals surface area contributed by atoms with Crippen LogP contribution in [0.1, 0.15) is 10.4 Å². The highest BCUT2D eigenvalue weighted by Crippen LogP contribution is 2.28. The number of aromatic nitrogens is 1. The van der Waals surface area contributed by atoms with E-state index in [0.717, 1.165) is 10.2 Å². The number of amides is 1. The van der Waals surface area contributed by atoms with Gasteiger partial charge < -0.3 is 5.32 Å². The number of hydrazine groups is 1. The monoisotopic (exact) mass is 352 g/mol. The first-order valence-corrected chi connectivity index (χ1v) is 7.77. The molecule has 0 saturated carbocycles. The number of benzene rings is 2. The molecule has 0 radical (unpaired) electrons. The van der Waals surface area contributed by atoms with Crippen molar-refractivity contribution in [3.63, 3.8) is 0 Å². The smallest absolute Gasteiger partial charge is 0.257 e. The van der Waals surface area contributed by atoms with Crippen LogP contribution in [0.25, 0.3) is 10.2 Å². The van der Waals surface area contributed by atoms with E-state index in [9.17, 15) is 4.79 Å². The fraction of sp³-hybridized carbons (Fsp3) is 0. The van der Waals surface area contributed by atoms with Gasteiger partial charge in [0.15, 0.2) is 5.13 Å². The van der Waals surface area contributed by atoms with Crippen molar-refractivity contribution in [3.8, 4) is 0 Å². The van der Waals surface area contributed by atoms with Gasteiger partial charge in [0, 0.05) is 10.7 Å². The van der Waals surface area contributed by atoms with Crippen molar-refractivity contribution in [3.05, 3.63) is 52.0 Å². The minimum atomic E-state index is -0.303. The average molecular weight is 353 g/mol. The zero-order chi connectivity index (χ0) is 15.7. The third-order valence-electron chi connectivity index (χ3n) is 2.95. The fourth-order valence-corrected chi connectivity index (χ4v) is 3.25. The number of rotatable bonds is 3. The van der Waals surface area contributed by atoms with Gasteiger partial charge in [0.05, 0.1) is 20.8 Å². The molecule has 5 nitrogen and oxygen atoms in total. The van der Waals surface area contributed by atoms with Gasteiger partial charge in [-0.25, -0.2) is 10.8 Å². The van der Waals surface area contributed by atoms with Crippen LogP contribution in [0, 0.1) is 0 Å². The van der Waals surface area contributed by atoms with E-state index >= 15 is 0 Å². The predicted octanol–water partition coefficient (Wildman–Crippen LogP) is 4.14. The molecule has 8 heteroatoms. The molecule has 0 spiro atoms. The highest BCUT2D eigenvalue weighted by atomic mass is 35.5. The molecular formula is C14H10Cl2N4OS. The normalized spacial score (nSPS) is 10.7. The molecule has 0 aliphatic carbocycles. The van der Waals surface area contributed by atoms with E-state index in [1.54, 1.807) is 18.2 Å². The van der Waals surface area contributed by atoms with Crippen molar-refractivity contribution in [2.75, 3.05) is 10.7 Å². The van der Waals surface area contributed by atoms with Gasteiger partial charge >= 0.3 is 0 Å². The second-order valence-electron chi connectivity index (χ2n) is 4.42. The van der Waals surface area contributed by atoms with Crippen molar-refractivity contribution >= 4 is 61.5 Å². The Labute approximate surface area is 140 Å². The van der Waals surface area contributed by atoms with Crippen LogP contribution in [0.2, 0.25) is 10.0 Å². The Kier molecular flexibility index (Phi) is 4.17. The molecule has 0 saturated heterocycles. The Morgan fingerprint density at radius 3 is 2.73 bits per heavy atom. The van der Waals surface area contributed by atoms with Gasteiger partial charge in [0.25, 0.3) is 5.91 Å². The Morgan fingerprint density at radius 1 is 1.18 bits per heavy atom. The number of carbonyl (C=O) groups is 1. The molecule has 0 unspecified atom stereocenters. The second kappa shape index (κ2) is 6.10. The van der Waals surface area contributed by atoms with E-state index in [1.165, 1.54) is 17.4 Å². The maximum Gasteiger partial charge on any atom is 0.257 e. The van der Waals surface area contributed by atoms with E-state index in [2.05, 4.69) is 15.7 Å². The number of hydrogen-bond acceptors (Lipinski definition) is 5. The lowest BCUT2D eigenvalue weighted by atomic mass is 10.2. The first-order chi connectivity index (χ1) is 10.6. The number of anilines is 2. The lowest BCUT2D eigenvalue weighted by molar-refractivity contribution is 0.102. The van der Waals surface area contributed by atoms with Crippen molar-refractivity contribution in [2.45, 2.75) is 0 Å². The van der Waals surface area contributed by atoms with Gasteiger partial charge in [-0.2, -0.15) is 0 Å². The summed E-state index contributed by atoms with van der Waals surface area (Å²) in [7, 11) is 0. The third-order valence-corrected chi connectivity index (χ3v) is 4.44. The molecule has 1 heterocycles.